The quantitative estimate of drug-likeness (QED) is 0.338. The van der Waals surface area contributed by atoms with Crippen LogP contribution in [0.25, 0.3) is 0 Å². The monoisotopic (exact) mass is 330 g/mol. The maximum atomic E-state index is 11.7. The highest BCUT2D eigenvalue weighted by molar-refractivity contribution is 5.96. The van der Waals surface area contributed by atoms with Gasteiger partial charge in [-0.05, 0) is 0 Å². The van der Waals surface area contributed by atoms with E-state index in [-0.39, 0.29) is 30.8 Å². The Balaban J connectivity index is 5.11. The second-order valence-electron chi connectivity index (χ2n) is 4.68. The Hall–Kier alpha value is -2.45. The molecule has 0 bridgehead atoms. The summed E-state index contributed by atoms with van der Waals surface area (Å²) in [6.07, 6.45) is -0.979. The number of Topliss-reactive ketones (excluding diaryl/α,β-unsaturated/α-hetero) is 2. The molecule has 0 atom stereocenters. The number of carbonyl (C=O) groups is 5. The summed E-state index contributed by atoms with van der Waals surface area (Å²) in [4.78, 5) is 57.1. The number of hydrogen-bond acceptors (Lipinski definition) is 7. The number of ketones is 2. The van der Waals surface area contributed by atoms with E-state index in [4.69, 9.17) is 15.2 Å². The first-order chi connectivity index (χ1) is 10.7. The van der Waals surface area contributed by atoms with Gasteiger partial charge in [-0.3, -0.25) is 24.5 Å². The van der Waals surface area contributed by atoms with Gasteiger partial charge < -0.3 is 15.2 Å². The first kappa shape index (κ1) is 20.6. The number of nitrogens with one attached hydrogen (secondary N) is 1. The molecule has 0 rings (SSSR count). The summed E-state index contributed by atoms with van der Waals surface area (Å²) in [7, 11) is 0. The second kappa shape index (κ2) is 9.54. The Morgan fingerprint density at radius 3 is 1.52 bits per heavy atom. The van der Waals surface area contributed by atoms with Gasteiger partial charge in [0, 0.05) is 19.3 Å². The summed E-state index contributed by atoms with van der Waals surface area (Å²) in [5.74, 6) is -4.88. The molecule has 0 aromatic heterocycles. The summed E-state index contributed by atoms with van der Waals surface area (Å²) in [6.45, 7) is 4.60. The average molecular weight is 330 g/mol. The van der Waals surface area contributed by atoms with E-state index in [1.807, 2.05) is 5.32 Å². The number of rotatable bonds is 10. The molecule has 0 unspecified atom stereocenters. The van der Waals surface area contributed by atoms with Crippen molar-refractivity contribution in [2.24, 2.45) is 5.73 Å². The predicted molar refractivity (Wildman–Crippen MR) is 77.8 cm³/mol. The third-order valence-electron chi connectivity index (χ3n) is 2.81. The highest BCUT2D eigenvalue weighted by Gasteiger charge is 2.39. The number of esters is 2. The van der Waals surface area contributed by atoms with Crippen LogP contribution >= 0.6 is 0 Å². The van der Waals surface area contributed by atoms with Crippen molar-refractivity contribution in [1.82, 2.24) is 5.32 Å². The van der Waals surface area contributed by atoms with E-state index in [0.29, 0.717) is 0 Å². The van der Waals surface area contributed by atoms with Gasteiger partial charge in [0.15, 0.2) is 0 Å². The van der Waals surface area contributed by atoms with Crippen LogP contribution in [0.2, 0.25) is 0 Å². The van der Waals surface area contributed by atoms with Crippen LogP contribution in [0.3, 0.4) is 0 Å². The van der Waals surface area contributed by atoms with Crippen LogP contribution in [0.4, 0.5) is 4.79 Å². The fourth-order valence-electron chi connectivity index (χ4n) is 1.50. The molecule has 2 amide bonds. The third kappa shape index (κ3) is 7.93. The van der Waals surface area contributed by atoms with Crippen LogP contribution in [-0.2, 0) is 28.7 Å². The SMILES string of the molecule is CCC(=O)CC(=O)OC(CC)(NC(N)=O)OC(=O)CC(=O)CC. The van der Waals surface area contributed by atoms with E-state index < -0.39 is 36.7 Å². The molecule has 0 heterocycles. The minimum atomic E-state index is -2.15. The third-order valence-corrected chi connectivity index (χ3v) is 2.81. The normalized spacial score (nSPS) is 10.6. The van der Waals surface area contributed by atoms with E-state index in [1.54, 1.807) is 13.8 Å². The zero-order valence-electron chi connectivity index (χ0n) is 13.5. The molecule has 0 radical (unpaired) electrons. The maximum Gasteiger partial charge on any atom is 0.343 e. The molecule has 23 heavy (non-hydrogen) atoms. The van der Waals surface area contributed by atoms with Crippen LogP contribution < -0.4 is 11.1 Å². The Morgan fingerprint density at radius 2 is 1.26 bits per heavy atom. The molecule has 0 aromatic rings. The maximum absolute atomic E-state index is 11.7. The van der Waals surface area contributed by atoms with Gasteiger partial charge in [-0.2, -0.15) is 0 Å². The summed E-state index contributed by atoms with van der Waals surface area (Å²) in [5, 5.41) is 2.02. The van der Waals surface area contributed by atoms with Gasteiger partial charge in [-0.1, -0.05) is 20.8 Å². The van der Waals surface area contributed by atoms with Crippen molar-refractivity contribution in [3.8, 4) is 0 Å². The molecule has 3 N–H and O–H groups in total. The fraction of sp³-hybridized carbons (Fsp3) is 0.643. The highest BCUT2D eigenvalue weighted by atomic mass is 16.8. The molecule has 0 saturated heterocycles. The van der Waals surface area contributed by atoms with Crippen LogP contribution in [0.5, 0.6) is 0 Å². The number of nitrogens with two attached hydrogens (primary N) is 1. The lowest BCUT2D eigenvalue weighted by Crippen LogP contribution is -2.56. The van der Waals surface area contributed by atoms with Gasteiger partial charge in [-0.15, -0.1) is 0 Å². The number of primary amides is 1. The number of ether oxygens (including phenoxy) is 2. The molecule has 130 valence electrons. The van der Waals surface area contributed by atoms with E-state index in [1.165, 1.54) is 6.92 Å². The number of hydrogen-bond donors (Lipinski definition) is 2. The van der Waals surface area contributed by atoms with E-state index in [2.05, 4.69) is 0 Å². The largest absolute Gasteiger partial charge is 0.403 e. The van der Waals surface area contributed by atoms with Crippen LogP contribution in [0.1, 0.15) is 52.9 Å². The standard InChI is InChI=1S/C14H22N2O7/c1-4-9(17)7-11(19)22-14(6-3,16-13(15)21)23-12(20)8-10(18)5-2/h4-8H2,1-3H3,(H3,15,16,21). The first-order valence-electron chi connectivity index (χ1n) is 7.22. The van der Waals surface area contributed by atoms with Gasteiger partial charge in [0.25, 0.3) is 0 Å². The molecule has 0 spiro atoms. The molecule has 9 nitrogen and oxygen atoms in total. The Bertz CT molecular complexity index is 456. The van der Waals surface area contributed by atoms with Gasteiger partial charge in [0.2, 0.25) is 0 Å². The van der Waals surface area contributed by atoms with Gasteiger partial charge in [0.05, 0.1) is 0 Å². The summed E-state index contributed by atoms with van der Waals surface area (Å²) < 4.78 is 9.86. The van der Waals surface area contributed by atoms with Crippen LogP contribution in [-0.4, -0.2) is 35.4 Å². The number of carbonyl (C=O) groups excluding carboxylic acids is 5. The first-order valence-corrected chi connectivity index (χ1v) is 7.22. The molecule has 9 heteroatoms. The van der Waals surface area contributed by atoms with E-state index in [0.717, 1.165) is 0 Å². The molecule has 0 fully saturated rings. The van der Waals surface area contributed by atoms with Crippen LogP contribution in [0, 0.1) is 0 Å². The minimum Gasteiger partial charge on any atom is -0.403 e. The van der Waals surface area contributed by atoms with Crippen molar-refractivity contribution >= 4 is 29.5 Å². The summed E-state index contributed by atoms with van der Waals surface area (Å²) >= 11 is 0. The summed E-state index contributed by atoms with van der Waals surface area (Å²) in [5.41, 5.74) is 4.99. The second-order valence-corrected chi connectivity index (χ2v) is 4.68. The van der Waals surface area contributed by atoms with E-state index >= 15 is 0 Å². The Morgan fingerprint density at radius 1 is 0.870 bits per heavy atom. The zero-order chi connectivity index (χ0) is 18.0. The molecule has 0 aliphatic heterocycles. The predicted octanol–water partition coefficient (Wildman–Crippen LogP) is 0.543. The van der Waals surface area contributed by atoms with Gasteiger partial charge >= 0.3 is 23.9 Å². The van der Waals surface area contributed by atoms with Crippen molar-refractivity contribution in [3.05, 3.63) is 0 Å². The molecule has 0 aliphatic rings. The minimum absolute atomic E-state index is 0.127. The van der Waals surface area contributed by atoms with Crippen molar-refractivity contribution in [1.29, 1.82) is 0 Å². The zero-order valence-corrected chi connectivity index (χ0v) is 13.5. The lowest BCUT2D eigenvalue weighted by molar-refractivity contribution is -0.236. The Labute approximate surface area is 133 Å². The number of urea groups is 1. The Kier molecular flexibility index (Phi) is 8.53. The molecular weight excluding hydrogens is 308 g/mol. The van der Waals surface area contributed by atoms with Crippen molar-refractivity contribution < 1.29 is 33.4 Å². The topological polar surface area (TPSA) is 142 Å². The molecule has 0 saturated carbocycles. The molecule has 0 aromatic carbocycles. The molecular formula is C14H22N2O7. The molecule has 0 aliphatic carbocycles. The smallest absolute Gasteiger partial charge is 0.343 e. The van der Waals surface area contributed by atoms with Crippen molar-refractivity contribution in [2.45, 2.75) is 58.8 Å². The lowest BCUT2D eigenvalue weighted by Gasteiger charge is -2.31. The van der Waals surface area contributed by atoms with Crippen molar-refractivity contribution in [3.63, 3.8) is 0 Å². The lowest BCUT2D eigenvalue weighted by atomic mass is 10.2. The highest BCUT2D eigenvalue weighted by Crippen LogP contribution is 2.17. The van der Waals surface area contributed by atoms with Crippen molar-refractivity contribution in [2.75, 3.05) is 0 Å². The summed E-state index contributed by atoms with van der Waals surface area (Å²) in [6, 6.07) is -1.10. The van der Waals surface area contributed by atoms with Gasteiger partial charge in [0.1, 0.15) is 24.4 Å². The van der Waals surface area contributed by atoms with Gasteiger partial charge in [-0.25, -0.2) is 4.79 Å². The van der Waals surface area contributed by atoms with Crippen LogP contribution in [0.15, 0.2) is 0 Å². The van der Waals surface area contributed by atoms with E-state index in [9.17, 15) is 24.0 Å². The fourth-order valence-corrected chi connectivity index (χ4v) is 1.50. The average Bonchev–Trinajstić information content (AvgIpc) is 2.45. The number of amides is 2.